The first kappa shape index (κ1) is 10.2. The van der Waals surface area contributed by atoms with Crippen LogP contribution in [0.4, 0.5) is 0 Å². The Labute approximate surface area is 93.9 Å². The van der Waals surface area contributed by atoms with Crippen LogP contribution >= 0.6 is 11.6 Å². The van der Waals surface area contributed by atoms with Gasteiger partial charge in [0.2, 0.25) is 0 Å². The number of rotatable bonds is 2. The van der Waals surface area contributed by atoms with Gasteiger partial charge in [0.05, 0.1) is 5.69 Å². The van der Waals surface area contributed by atoms with E-state index in [1.165, 1.54) is 0 Å². The molecule has 0 spiro atoms. The highest BCUT2D eigenvalue weighted by atomic mass is 35.5. The molecule has 2 rings (SSSR count). The molecule has 0 amide bonds. The fraction of sp³-hybridized carbons (Fsp3) is 0.250. The standard InChI is InChI=1S/C12H12ClNO/c1-3-11-8(2)12(15-14-11)9-4-6-10(13)7-5-9/h4-7H,3H2,1-2H3. The molecular weight excluding hydrogens is 210 g/mol. The van der Waals surface area contributed by atoms with Gasteiger partial charge in [0.25, 0.3) is 0 Å². The molecule has 0 N–H and O–H groups in total. The summed E-state index contributed by atoms with van der Waals surface area (Å²) in [6, 6.07) is 7.58. The highest BCUT2D eigenvalue weighted by Crippen LogP contribution is 2.26. The predicted octanol–water partition coefficient (Wildman–Crippen LogP) is 3.87. The second kappa shape index (κ2) is 4.07. The van der Waals surface area contributed by atoms with E-state index in [1.807, 2.05) is 31.2 Å². The van der Waals surface area contributed by atoms with E-state index >= 15 is 0 Å². The average molecular weight is 222 g/mol. The number of aromatic nitrogens is 1. The Morgan fingerprint density at radius 3 is 2.47 bits per heavy atom. The zero-order valence-corrected chi connectivity index (χ0v) is 9.51. The van der Waals surface area contributed by atoms with Crippen molar-refractivity contribution in [1.29, 1.82) is 0 Å². The maximum absolute atomic E-state index is 5.83. The third kappa shape index (κ3) is 1.90. The molecule has 0 saturated heterocycles. The van der Waals surface area contributed by atoms with Crippen molar-refractivity contribution in [1.82, 2.24) is 5.16 Å². The third-order valence-corrected chi connectivity index (χ3v) is 2.71. The highest BCUT2D eigenvalue weighted by Gasteiger charge is 2.11. The van der Waals surface area contributed by atoms with Crippen molar-refractivity contribution in [2.24, 2.45) is 0 Å². The van der Waals surface area contributed by atoms with Gasteiger partial charge in [-0.2, -0.15) is 0 Å². The molecule has 15 heavy (non-hydrogen) atoms. The molecule has 0 unspecified atom stereocenters. The lowest BCUT2D eigenvalue weighted by Crippen LogP contribution is -1.83. The maximum Gasteiger partial charge on any atom is 0.170 e. The minimum Gasteiger partial charge on any atom is -0.356 e. The van der Waals surface area contributed by atoms with E-state index in [1.54, 1.807) is 0 Å². The van der Waals surface area contributed by atoms with Crippen LogP contribution in [0.2, 0.25) is 5.02 Å². The molecular formula is C12H12ClNO. The second-order valence-corrected chi connectivity index (χ2v) is 3.88. The van der Waals surface area contributed by atoms with Gasteiger partial charge < -0.3 is 4.52 Å². The van der Waals surface area contributed by atoms with Gasteiger partial charge in [0.1, 0.15) is 0 Å². The molecule has 2 nitrogen and oxygen atoms in total. The van der Waals surface area contributed by atoms with Gasteiger partial charge in [0, 0.05) is 16.1 Å². The quantitative estimate of drug-likeness (QED) is 0.770. The van der Waals surface area contributed by atoms with Crippen molar-refractivity contribution in [3.8, 4) is 11.3 Å². The van der Waals surface area contributed by atoms with Crippen molar-refractivity contribution < 1.29 is 4.52 Å². The van der Waals surface area contributed by atoms with Crippen LogP contribution in [0.3, 0.4) is 0 Å². The predicted molar refractivity (Wildman–Crippen MR) is 61.1 cm³/mol. The summed E-state index contributed by atoms with van der Waals surface area (Å²) < 4.78 is 5.32. The molecule has 0 aliphatic rings. The second-order valence-electron chi connectivity index (χ2n) is 3.44. The third-order valence-electron chi connectivity index (χ3n) is 2.46. The summed E-state index contributed by atoms with van der Waals surface area (Å²) in [5, 5.41) is 4.75. The van der Waals surface area contributed by atoms with Crippen LogP contribution in [-0.2, 0) is 6.42 Å². The van der Waals surface area contributed by atoms with Crippen LogP contribution in [0.5, 0.6) is 0 Å². The zero-order valence-electron chi connectivity index (χ0n) is 8.75. The molecule has 0 aliphatic carbocycles. The Kier molecular flexibility index (Phi) is 2.78. The van der Waals surface area contributed by atoms with Gasteiger partial charge in [-0.3, -0.25) is 0 Å². The molecule has 78 valence electrons. The summed E-state index contributed by atoms with van der Waals surface area (Å²) >= 11 is 5.83. The van der Waals surface area contributed by atoms with Crippen LogP contribution in [-0.4, -0.2) is 5.16 Å². The van der Waals surface area contributed by atoms with Gasteiger partial charge in [-0.05, 0) is 37.6 Å². The summed E-state index contributed by atoms with van der Waals surface area (Å²) in [5.74, 6) is 0.837. The highest BCUT2D eigenvalue weighted by molar-refractivity contribution is 6.30. The van der Waals surface area contributed by atoms with E-state index in [0.29, 0.717) is 0 Å². The maximum atomic E-state index is 5.83. The zero-order chi connectivity index (χ0) is 10.8. The van der Waals surface area contributed by atoms with Gasteiger partial charge >= 0.3 is 0 Å². The average Bonchev–Trinajstić information content (AvgIpc) is 2.61. The SMILES string of the molecule is CCc1noc(-c2ccc(Cl)cc2)c1C. The lowest BCUT2D eigenvalue weighted by molar-refractivity contribution is 0.424. The fourth-order valence-corrected chi connectivity index (χ4v) is 1.69. The number of nitrogens with zero attached hydrogens (tertiary/aromatic N) is 1. The summed E-state index contributed by atoms with van der Waals surface area (Å²) in [6.45, 7) is 4.09. The molecule has 0 fully saturated rings. The van der Waals surface area contributed by atoms with E-state index in [2.05, 4.69) is 12.1 Å². The van der Waals surface area contributed by atoms with Crippen LogP contribution in [0.25, 0.3) is 11.3 Å². The molecule has 3 heteroatoms. The largest absolute Gasteiger partial charge is 0.356 e. The fourth-order valence-electron chi connectivity index (χ4n) is 1.57. The van der Waals surface area contributed by atoms with Gasteiger partial charge in [-0.25, -0.2) is 0 Å². The Morgan fingerprint density at radius 2 is 1.93 bits per heavy atom. The van der Waals surface area contributed by atoms with E-state index in [-0.39, 0.29) is 0 Å². The van der Waals surface area contributed by atoms with Gasteiger partial charge in [0.15, 0.2) is 5.76 Å². The molecule has 1 heterocycles. The summed E-state index contributed by atoms with van der Waals surface area (Å²) in [5.41, 5.74) is 3.14. The number of hydrogen-bond acceptors (Lipinski definition) is 2. The Hall–Kier alpha value is -1.28. The molecule has 0 bridgehead atoms. The summed E-state index contributed by atoms with van der Waals surface area (Å²) in [6.07, 6.45) is 0.892. The number of benzene rings is 1. The van der Waals surface area contributed by atoms with E-state index in [9.17, 15) is 0 Å². The number of aryl methyl sites for hydroxylation is 1. The monoisotopic (exact) mass is 221 g/mol. The van der Waals surface area contributed by atoms with E-state index < -0.39 is 0 Å². The lowest BCUT2D eigenvalue weighted by atomic mass is 10.1. The molecule has 0 atom stereocenters. The Balaban J connectivity index is 2.45. The summed E-state index contributed by atoms with van der Waals surface area (Å²) in [4.78, 5) is 0. The topological polar surface area (TPSA) is 26.0 Å². The normalized spacial score (nSPS) is 10.6. The van der Waals surface area contributed by atoms with Crippen molar-refractivity contribution in [2.75, 3.05) is 0 Å². The van der Waals surface area contributed by atoms with Crippen molar-refractivity contribution in [3.63, 3.8) is 0 Å². The molecule has 1 aromatic carbocycles. The minimum atomic E-state index is 0.728. The van der Waals surface area contributed by atoms with Gasteiger partial charge in [-0.15, -0.1) is 0 Å². The Bertz CT molecular complexity index is 459. The Morgan fingerprint density at radius 1 is 1.27 bits per heavy atom. The molecule has 1 aromatic heterocycles. The molecule has 2 aromatic rings. The van der Waals surface area contributed by atoms with Crippen molar-refractivity contribution >= 4 is 11.6 Å². The van der Waals surface area contributed by atoms with Crippen LogP contribution in [0, 0.1) is 6.92 Å². The van der Waals surface area contributed by atoms with Crippen molar-refractivity contribution in [3.05, 3.63) is 40.5 Å². The number of halogens is 1. The first-order valence-electron chi connectivity index (χ1n) is 4.93. The van der Waals surface area contributed by atoms with E-state index in [4.69, 9.17) is 16.1 Å². The first-order chi connectivity index (χ1) is 7.22. The van der Waals surface area contributed by atoms with Crippen LogP contribution in [0.15, 0.2) is 28.8 Å². The first-order valence-corrected chi connectivity index (χ1v) is 5.31. The molecule has 0 saturated carbocycles. The molecule has 0 aliphatic heterocycles. The summed E-state index contributed by atoms with van der Waals surface area (Å²) in [7, 11) is 0. The van der Waals surface area contributed by atoms with E-state index in [0.717, 1.165) is 34.0 Å². The number of hydrogen-bond donors (Lipinski definition) is 0. The smallest absolute Gasteiger partial charge is 0.170 e. The molecule has 0 radical (unpaired) electrons. The van der Waals surface area contributed by atoms with Crippen LogP contribution < -0.4 is 0 Å². The minimum absolute atomic E-state index is 0.728. The van der Waals surface area contributed by atoms with Crippen LogP contribution in [0.1, 0.15) is 18.2 Å². The van der Waals surface area contributed by atoms with Gasteiger partial charge in [-0.1, -0.05) is 23.7 Å². The lowest BCUT2D eigenvalue weighted by Gasteiger charge is -1.97. The van der Waals surface area contributed by atoms with Crippen molar-refractivity contribution in [2.45, 2.75) is 20.3 Å².